The average Bonchev–Trinajstić information content (AvgIpc) is 3.15. The molecule has 0 saturated carbocycles. The van der Waals surface area contributed by atoms with Gasteiger partial charge in [-0.15, -0.1) is 0 Å². The number of rotatable bonds is 4. The molecular formula is C20H17BrClN3O2. The fraction of sp³-hybridized carbons (Fsp3) is 0.250. The van der Waals surface area contributed by atoms with Crippen molar-refractivity contribution in [2.75, 3.05) is 11.4 Å². The van der Waals surface area contributed by atoms with Crippen LogP contribution in [0, 0.1) is 0 Å². The number of amides is 1. The zero-order valence-electron chi connectivity index (χ0n) is 14.5. The van der Waals surface area contributed by atoms with E-state index in [-0.39, 0.29) is 5.91 Å². The van der Waals surface area contributed by atoms with E-state index in [0.29, 0.717) is 29.6 Å². The summed E-state index contributed by atoms with van der Waals surface area (Å²) in [5, 5.41) is 4.65. The van der Waals surface area contributed by atoms with Gasteiger partial charge in [0, 0.05) is 40.1 Å². The van der Waals surface area contributed by atoms with Crippen molar-refractivity contribution in [3.63, 3.8) is 0 Å². The number of anilines is 1. The first-order chi connectivity index (χ1) is 13.1. The molecular weight excluding hydrogens is 430 g/mol. The molecule has 2 heterocycles. The van der Waals surface area contributed by atoms with Crippen molar-refractivity contribution in [1.82, 2.24) is 10.1 Å². The summed E-state index contributed by atoms with van der Waals surface area (Å²) >= 11 is 9.39. The highest BCUT2D eigenvalue weighted by molar-refractivity contribution is 9.10. The minimum absolute atomic E-state index is 0.0736. The van der Waals surface area contributed by atoms with Crippen molar-refractivity contribution in [3.8, 4) is 11.4 Å². The third kappa shape index (κ3) is 4.06. The molecule has 0 radical (unpaired) electrons. The summed E-state index contributed by atoms with van der Waals surface area (Å²) in [4.78, 5) is 19.0. The number of hydrogen-bond donors (Lipinski definition) is 0. The predicted octanol–water partition coefficient (Wildman–Crippen LogP) is 5.06. The molecule has 27 heavy (non-hydrogen) atoms. The van der Waals surface area contributed by atoms with Gasteiger partial charge >= 0.3 is 0 Å². The normalized spacial score (nSPS) is 13.5. The molecule has 0 unspecified atom stereocenters. The van der Waals surface area contributed by atoms with Crippen LogP contribution in [0.5, 0.6) is 0 Å². The highest BCUT2D eigenvalue weighted by atomic mass is 79.9. The van der Waals surface area contributed by atoms with Gasteiger partial charge in [-0.3, -0.25) is 4.79 Å². The van der Waals surface area contributed by atoms with Crippen molar-refractivity contribution in [2.45, 2.75) is 25.7 Å². The van der Waals surface area contributed by atoms with Gasteiger partial charge in [0.15, 0.2) is 0 Å². The van der Waals surface area contributed by atoms with Gasteiger partial charge in [-0.05, 0) is 60.9 Å². The van der Waals surface area contributed by atoms with Crippen LogP contribution in [0.4, 0.5) is 5.69 Å². The zero-order chi connectivity index (χ0) is 18.8. The van der Waals surface area contributed by atoms with Gasteiger partial charge in [0.05, 0.1) is 0 Å². The molecule has 1 aliphatic heterocycles. The monoisotopic (exact) mass is 445 g/mol. The van der Waals surface area contributed by atoms with Crippen molar-refractivity contribution < 1.29 is 9.32 Å². The number of halogens is 2. The summed E-state index contributed by atoms with van der Waals surface area (Å²) in [5.41, 5.74) is 3.03. The van der Waals surface area contributed by atoms with E-state index in [4.69, 9.17) is 16.1 Å². The van der Waals surface area contributed by atoms with E-state index >= 15 is 0 Å². The topological polar surface area (TPSA) is 59.2 Å². The summed E-state index contributed by atoms with van der Waals surface area (Å²) in [6, 6.07) is 13.3. The third-order valence-electron chi connectivity index (χ3n) is 4.58. The maximum Gasteiger partial charge on any atom is 0.227 e. The van der Waals surface area contributed by atoms with Gasteiger partial charge in [0.1, 0.15) is 0 Å². The second-order valence-electron chi connectivity index (χ2n) is 6.44. The lowest BCUT2D eigenvalue weighted by Crippen LogP contribution is -2.35. The molecule has 4 rings (SSSR count). The van der Waals surface area contributed by atoms with Crippen LogP contribution in [0.3, 0.4) is 0 Å². The summed E-state index contributed by atoms with van der Waals surface area (Å²) in [6.07, 6.45) is 2.71. The lowest BCUT2D eigenvalue weighted by Gasteiger charge is -2.29. The number of benzene rings is 2. The van der Waals surface area contributed by atoms with E-state index in [9.17, 15) is 4.79 Å². The molecule has 0 saturated heterocycles. The molecule has 1 aliphatic rings. The van der Waals surface area contributed by atoms with Crippen molar-refractivity contribution in [2.24, 2.45) is 0 Å². The van der Waals surface area contributed by atoms with Crippen LogP contribution in [-0.2, 0) is 17.6 Å². The van der Waals surface area contributed by atoms with Crippen molar-refractivity contribution >= 4 is 39.1 Å². The van der Waals surface area contributed by atoms with Gasteiger partial charge in [-0.1, -0.05) is 32.7 Å². The van der Waals surface area contributed by atoms with E-state index in [0.717, 1.165) is 35.1 Å². The van der Waals surface area contributed by atoms with Gasteiger partial charge < -0.3 is 9.42 Å². The zero-order valence-corrected chi connectivity index (χ0v) is 16.8. The van der Waals surface area contributed by atoms with E-state index in [1.165, 1.54) is 5.56 Å². The minimum Gasteiger partial charge on any atom is -0.339 e. The number of carbonyl (C=O) groups is 1. The largest absolute Gasteiger partial charge is 0.339 e. The Morgan fingerprint density at radius 2 is 2.04 bits per heavy atom. The van der Waals surface area contributed by atoms with E-state index < -0.39 is 0 Å². The molecule has 1 aromatic heterocycles. The molecule has 7 heteroatoms. The molecule has 0 bridgehead atoms. The smallest absolute Gasteiger partial charge is 0.227 e. The summed E-state index contributed by atoms with van der Waals surface area (Å²) in [5.74, 6) is 1.04. The molecule has 138 valence electrons. The Labute approximate surface area is 170 Å². The Bertz CT molecular complexity index is 972. The predicted molar refractivity (Wildman–Crippen MR) is 108 cm³/mol. The quantitative estimate of drug-likeness (QED) is 0.562. The molecule has 0 atom stereocenters. The molecule has 0 aliphatic carbocycles. The number of nitrogens with zero attached hydrogens (tertiary/aromatic N) is 3. The number of aromatic nitrogens is 2. The van der Waals surface area contributed by atoms with Crippen molar-refractivity contribution in [1.29, 1.82) is 0 Å². The second-order valence-corrected chi connectivity index (χ2v) is 7.79. The van der Waals surface area contributed by atoms with Gasteiger partial charge in [-0.2, -0.15) is 4.98 Å². The van der Waals surface area contributed by atoms with Crippen molar-refractivity contribution in [3.05, 3.63) is 63.4 Å². The highest BCUT2D eigenvalue weighted by Gasteiger charge is 2.23. The maximum absolute atomic E-state index is 12.7. The van der Waals surface area contributed by atoms with Crippen LogP contribution in [0.15, 0.2) is 51.5 Å². The van der Waals surface area contributed by atoms with Crippen LogP contribution in [0.1, 0.15) is 24.3 Å². The van der Waals surface area contributed by atoms with Crippen LogP contribution in [0.2, 0.25) is 5.02 Å². The molecule has 0 N–H and O–H groups in total. The molecule has 0 spiro atoms. The fourth-order valence-corrected chi connectivity index (χ4v) is 3.78. The van der Waals surface area contributed by atoms with Crippen LogP contribution >= 0.6 is 27.5 Å². The lowest BCUT2D eigenvalue weighted by atomic mass is 10.0. The SMILES string of the molecule is O=C(CCc1nc(-c2ccc(Cl)cc2)no1)N1CCCc2cc(Br)ccc21. The molecule has 3 aromatic rings. The Hall–Kier alpha value is -2.18. The van der Waals surface area contributed by atoms with E-state index in [2.05, 4.69) is 32.1 Å². The van der Waals surface area contributed by atoms with Crippen LogP contribution < -0.4 is 4.90 Å². The Morgan fingerprint density at radius 3 is 2.85 bits per heavy atom. The highest BCUT2D eigenvalue weighted by Crippen LogP contribution is 2.30. The molecule has 5 nitrogen and oxygen atoms in total. The maximum atomic E-state index is 12.7. The van der Waals surface area contributed by atoms with E-state index in [1.54, 1.807) is 12.1 Å². The molecule has 2 aromatic carbocycles. The number of fused-ring (bicyclic) bond motifs is 1. The van der Waals surface area contributed by atoms with Gasteiger partial charge in [-0.25, -0.2) is 0 Å². The average molecular weight is 447 g/mol. The third-order valence-corrected chi connectivity index (χ3v) is 5.33. The van der Waals surface area contributed by atoms with Gasteiger partial charge in [0.25, 0.3) is 0 Å². The number of hydrogen-bond acceptors (Lipinski definition) is 4. The Kier molecular flexibility index (Phi) is 5.27. The first-order valence-corrected chi connectivity index (χ1v) is 9.94. The minimum atomic E-state index is 0.0736. The first-order valence-electron chi connectivity index (χ1n) is 8.77. The molecule has 1 amide bonds. The van der Waals surface area contributed by atoms with Crippen LogP contribution in [0.25, 0.3) is 11.4 Å². The Balaban J connectivity index is 1.43. The number of aryl methyl sites for hydroxylation is 2. The Morgan fingerprint density at radius 1 is 1.22 bits per heavy atom. The number of carbonyl (C=O) groups excluding carboxylic acids is 1. The van der Waals surface area contributed by atoms with Crippen LogP contribution in [-0.4, -0.2) is 22.6 Å². The summed E-state index contributed by atoms with van der Waals surface area (Å²) in [7, 11) is 0. The standard InChI is InChI=1S/C20H17BrClN3O2/c21-15-5-8-17-14(12-15)2-1-11-25(17)19(26)10-9-18-23-20(24-27-18)13-3-6-16(22)7-4-13/h3-8,12H,1-2,9-11H2. The molecule has 0 fully saturated rings. The lowest BCUT2D eigenvalue weighted by molar-refractivity contribution is -0.118. The first kappa shape index (κ1) is 18.2. The summed E-state index contributed by atoms with van der Waals surface area (Å²) < 4.78 is 6.34. The van der Waals surface area contributed by atoms with E-state index in [1.807, 2.05) is 29.2 Å². The fourth-order valence-electron chi connectivity index (χ4n) is 3.25. The summed E-state index contributed by atoms with van der Waals surface area (Å²) in [6.45, 7) is 0.743. The van der Waals surface area contributed by atoms with Gasteiger partial charge in [0.2, 0.25) is 17.6 Å². The second kappa shape index (κ2) is 7.82.